The van der Waals surface area contributed by atoms with Crippen molar-refractivity contribution < 1.29 is 19.9 Å². The van der Waals surface area contributed by atoms with Gasteiger partial charge in [-0.05, 0) is 27.6 Å². The summed E-state index contributed by atoms with van der Waals surface area (Å²) in [7, 11) is 0. The highest BCUT2D eigenvalue weighted by Crippen LogP contribution is 2.35. The number of nitro groups is 1. The summed E-state index contributed by atoms with van der Waals surface area (Å²) in [6.45, 7) is 0. The van der Waals surface area contributed by atoms with Gasteiger partial charge in [-0.1, -0.05) is 0 Å². The topological polar surface area (TPSA) is 101 Å². The highest BCUT2D eigenvalue weighted by atomic mass is 79.9. The largest absolute Gasteiger partial charge is 0.501 e. The van der Waals surface area contributed by atoms with Crippen molar-refractivity contribution >= 4 is 27.6 Å². The lowest BCUT2D eigenvalue weighted by atomic mass is 10.1. The van der Waals surface area contributed by atoms with Gasteiger partial charge in [0.25, 0.3) is 0 Å². The fourth-order valence-corrected chi connectivity index (χ4v) is 1.55. The van der Waals surface area contributed by atoms with Gasteiger partial charge in [-0.2, -0.15) is 0 Å². The van der Waals surface area contributed by atoms with Crippen molar-refractivity contribution in [2.45, 2.75) is 6.42 Å². The Kier molecular flexibility index (Phi) is 3.25. The Balaban J connectivity index is 3.23. The minimum Gasteiger partial charge on any atom is -0.501 e. The Morgan fingerprint density at radius 1 is 1.53 bits per heavy atom. The summed E-state index contributed by atoms with van der Waals surface area (Å²) >= 11 is 2.91. The van der Waals surface area contributed by atoms with E-state index < -0.39 is 22.3 Å². The zero-order valence-electron chi connectivity index (χ0n) is 7.31. The van der Waals surface area contributed by atoms with E-state index in [1.54, 1.807) is 0 Å². The third-order valence-electron chi connectivity index (χ3n) is 1.66. The monoisotopic (exact) mass is 275 g/mol. The average molecular weight is 276 g/mol. The summed E-state index contributed by atoms with van der Waals surface area (Å²) in [6, 6.07) is 2.37. The van der Waals surface area contributed by atoms with E-state index in [0.717, 1.165) is 6.07 Å². The normalized spacial score (nSPS) is 9.93. The fourth-order valence-electron chi connectivity index (χ4n) is 1.05. The van der Waals surface area contributed by atoms with Crippen LogP contribution in [0.1, 0.15) is 5.56 Å². The molecule has 0 aliphatic carbocycles. The second-order valence-electron chi connectivity index (χ2n) is 2.77. The van der Waals surface area contributed by atoms with E-state index in [1.165, 1.54) is 6.07 Å². The molecule has 0 aromatic heterocycles. The molecule has 2 N–H and O–H groups in total. The zero-order valence-corrected chi connectivity index (χ0v) is 8.89. The molecule has 7 heteroatoms. The van der Waals surface area contributed by atoms with Crippen LogP contribution < -0.4 is 0 Å². The smallest absolute Gasteiger partial charge is 0.312 e. The van der Waals surface area contributed by atoms with Crippen LogP contribution >= 0.6 is 15.9 Å². The SMILES string of the molecule is O=C(O)Cc1cc(Br)c(O)c([N+](=O)[O-])c1. The van der Waals surface area contributed by atoms with Gasteiger partial charge < -0.3 is 10.2 Å². The number of aliphatic carboxylic acids is 1. The highest BCUT2D eigenvalue weighted by Gasteiger charge is 2.18. The molecule has 0 heterocycles. The number of hydrogen-bond donors (Lipinski definition) is 2. The van der Waals surface area contributed by atoms with Crippen molar-refractivity contribution in [2.24, 2.45) is 0 Å². The van der Waals surface area contributed by atoms with Gasteiger partial charge in [0.05, 0.1) is 15.8 Å². The number of carboxylic acid groups (broad SMARTS) is 1. The molecule has 0 amide bonds. The molecule has 0 unspecified atom stereocenters. The predicted molar refractivity (Wildman–Crippen MR) is 53.8 cm³/mol. The van der Waals surface area contributed by atoms with Crippen LogP contribution in [-0.4, -0.2) is 21.1 Å². The number of phenols is 1. The molecular weight excluding hydrogens is 270 g/mol. The molecule has 0 atom stereocenters. The van der Waals surface area contributed by atoms with Crippen molar-refractivity contribution in [1.82, 2.24) is 0 Å². The van der Waals surface area contributed by atoms with E-state index in [-0.39, 0.29) is 16.5 Å². The van der Waals surface area contributed by atoms with Crippen LogP contribution in [0.3, 0.4) is 0 Å². The van der Waals surface area contributed by atoms with Gasteiger partial charge in [-0.15, -0.1) is 0 Å². The van der Waals surface area contributed by atoms with Gasteiger partial charge in [-0.25, -0.2) is 0 Å². The molecule has 0 radical (unpaired) electrons. The molecule has 0 saturated carbocycles. The summed E-state index contributed by atoms with van der Waals surface area (Å²) in [5.41, 5.74) is -0.264. The van der Waals surface area contributed by atoms with Crippen molar-refractivity contribution in [3.63, 3.8) is 0 Å². The predicted octanol–water partition coefficient (Wildman–Crippen LogP) is 1.69. The first-order valence-corrected chi connectivity index (χ1v) is 4.58. The Labute approximate surface area is 92.4 Å². The molecule has 6 nitrogen and oxygen atoms in total. The van der Waals surface area contributed by atoms with Gasteiger partial charge in [0, 0.05) is 6.07 Å². The van der Waals surface area contributed by atoms with E-state index in [1.807, 2.05) is 0 Å². The number of nitro benzene ring substituents is 1. The van der Waals surface area contributed by atoms with Gasteiger partial charge in [-0.3, -0.25) is 14.9 Å². The lowest BCUT2D eigenvalue weighted by Crippen LogP contribution is -2.01. The molecule has 80 valence electrons. The number of carbonyl (C=O) groups is 1. The number of aromatic hydroxyl groups is 1. The van der Waals surface area contributed by atoms with Crippen LogP contribution in [0.25, 0.3) is 0 Å². The van der Waals surface area contributed by atoms with Crippen LogP contribution in [0.4, 0.5) is 5.69 Å². The van der Waals surface area contributed by atoms with Gasteiger partial charge in [0.15, 0.2) is 0 Å². The summed E-state index contributed by atoms with van der Waals surface area (Å²) in [4.78, 5) is 20.1. The van der Waals surface area contributed by atoms with Crippen molar-refractivity contribution in [1.29, 1.82) is 0 Å². The first-order chi connectivity index (χ1) is 6.91. The molecule has 15 heavy (non-hydrogen) atoms. The van der Waals surface area contributed by atoms with E-state index >= 15 is 0 Å². The Hall–Kier alpha value is -1.63. The van der Waals surface area contributed by atoms with Crippen LogP contribution in [0.2, 0.25) is 0 Å². The van der Waals surface area contributed by atoms with E-state index in [0.29, 0.717) is 0 Å². The molecule has 1 aromatic carbocycles. The summed E-state index contributed by atoms with van der Waals surface area (Å²) in [5, 5.41) is 28.3. The molecule has 1 rings (SSSR count). The third kappa shape index (κ3) is 2.66. The maximum Gasteiger partial charge on any atom is 0.312 e. The van der Waals surface area contributed by atoms with E-state index in [9.17, 15) is 20.0 Å². The number of rotatable bonds is 3. The third-order valence-corrected chi connectivity index (χ3v) is 2.26. The number of benzene rings is 1. The average Bonchev–Trinajstić information content (AvgIpc) is 2.09. The standard InChI is InChI=1S/C8H6BrNO5/c9-5-1-4(3-7(11)12)2-6(8(5)13)10(14)15/h1-2,13H,3H2,(H,11,12). The number of carboxylic acids is 1. The maximum absolute atomic E-state index is 10.5. The van der Waals surface area contributed by atoms with E-state index in [2.05, 4.69) is 15.9 Å². The second kappa shape index (κ2) is 4.26. The minimum absolute atomic E-state index is 0.105. The summed E-state index contributed by atoms with van der Waals surface area (Å²) in [5.74, 6) is -1.60. The molecule has 1 aromatic rings. The first kappa shape index (κ1) is 11.4. The Morgan fingerprint density at radius 3 is 2.60 bits per heavy atom. The van der Waals surface area contributed by atoms with Gasteiger partial charge in [0.2, 0.25) is 5.75 Å². The quantitative estimate of drug-likeness (QED) is 0.646. The van der Waals surface area contributed by atoms with Gasteiger partial charge in [0.1, 0.15) is 0 Å². The summed E-state index contributed by atoms with van der Waals surface area (Å²) < 4.78 is 0.105. The summed E-state index contributed by atoms with van der Waals surface area (Å²) in [6.07, 6.45) is -0.334. The number of phenolic OH excluding ortho intramolecular Hbond substituents is 1. The van der Waals surface area contributed by atoms with Crippen molar-refractivity contribution in [3.05, 3.63) is 32.3 Å². The molecule has 0 saturated heterocycles. The molecule has 0 aliphatic heterocycles. The molecular formula is C8H6BrNO5. The van der Waals surface area contributed by atoms with Crippen LogP contribution in [0.5, 0.6) is 5.75 Å². The van der Waals surface area contributed by atoms with Crippen molar-refractivity contribution in [2.75, 3.05) is 0 Å². The highest BCUT2D eigenvalue weighted by molar-refractivity contribution is 9.10. The fraction of sp³-hybridized carbons (Fsp3) is 0.125. The van der Waals surface area contributed by atoms with Crippen LogP contribution in [-0.2, 0) is 11.2 Å². The Bertz CT molecular complexity index is 431. The zero-order chi connectivity index (χ0) is 11.6. The molecule has 0 fully saturated rings. The minimum atomic E-state index is -1.10. The lowest BCUT2D eigenvalue weighted by Gasteiger charge is -2.02. The number of nitrogens with zero attached hydrogens (tertiary/aromatic N) is 1. The molecule has 0 spiro atoms. The molecule has 0 bridgehead atoms. The van der Waals surface area contributed by atoms with Crippen molar-refractivity contribution in [3.8, 4) is 5.75 Å². The van der Waals surface area contributed by atoms with E-state index in [4.69, 9.17) is 5.11 Å². The number of hydrogen-bond acceptors (Lipinski definition) is 4. The Morgan fingerprint density at radius 2 is 2.13 bits per heavy atom. The molecule has 0 aliphatic rings. The lowest BCUT2D eigenvalue weighted by molar-refractivity contribution is -0.386. The second-order valence-corrected chi connectivity index (χ2v) is 3.63. The van der Waals surface area contributed by atoms with Gasteiger partial charge >= 0.3 is 11.7 Å². The van der Waals surface area contributed by atoms with Crippen LogP contribution in [0.15, 0.2) is 16.6 Å². The maximum atomic E-state index is 10.5. The van der Waals surface area contributed by atoms with Crippen LogP contribution in [0, 0.1) is 10.1 Å². The first-order valence-electron chi connectivity index (χ1n) is 3.79. The number of halogens is 1.